The van der Waals surface area contributed by atoms with Gasteiger partial charge in [-0.05, 0) is 34.9 Å². The topological polar surface area (TPSA) is 54.5 Å². The van der Waals surface area contributed by atoms with Crippen LogP contribution in [0.15, 0.2) is 79.1 Å². The number of urea groups is 1. The summed E-state index contributed by atoms with van der Waals surface area (Å²) in [5, 5.41) is 2.67. The second-order valence-corrected chi connectivity index (χ2v) is 6.08. The third-order valence-corrected chi connectivity index (χ3v) is 4.19. The van der Waals surface area contributed by atoms with E-state index in [1.165, 1.54) is 5.56 Å². The van der Waals surface area contributed by atoms with Gasteiger partial charge < -0.3 is 15.0 Å². The molecule has 0 unspecified atom stereocenters. The van der Waals surface area contributed by atoms with Crippen molar-refractivity contribution in [1.29, 1.82) is 0 Å². The average molecular weight is 361 g/mol. The van der Waals surface area contributed by atoms with Gasteiger partial charge in [0.25, 0.3) is 0 Å². The van der Waals surface area contributed by atoms with Crippen molar-refractivity contribution in [2.24, 2.45) is 0 Å². The Bertz CT molecular complexity index is 836. The maximum absolute atomic E-state index is 12.1. The van der Waals surface area contributed by atoms with Crippen LogP contribution in [0.5, 0.6) is 5.75 Å². The Morgan fingerprint density at radius 2 is 1.74 bits per heavy atom. The Balaban J connectivity index is 1.55. The molecule has 138 valence electrons. The van der Waals surface area contributed by atoms with Crippen LogP contribution >= 0.6 is 0 Å². The highest BCUT2D eigenvalue weighted by Gasteiger charge is 2.12. The number of ether oxygens (including phenoxy) is 1. The minimum Gasteiger partial charge on any atom is -0.492 e. The molecule has 0 aliphatic heterocycles. The normalized spacial score (nSPS) is 10.3. The number of carbonyl (C=O) groups is 1. The van der Waals surface area contributed by atoms with E-state index < -0.39 is 0 Å². The zero-order valence-corrected chi connectivity index (χ0v) is 15.3. The average Bonchev–Trinajstić information content (AvgIpc) is 2.74. The molecule has 1 aromatic heterocycles. The summed E-state index contributed by atoms with van der Waals surface area (Å²) in [6, 6.07) is 21.9. The van der Waals surface area contributed by atoms with Crippen molar-refractivity contribution in [3.8, 4) is 16.9 Å². The minimum absolute atomic E-state index is 0.137. The summed E-state index contributed by atoms with van der Waals surface area (Å²) in [5.74, 6) is 0.785. The van der Waals surface area contributed by atoms with Gasteiger partial charge in [-0.25, -0.2) is 4.79 Å². The lowest BCUT2D eigenvalue weighted by Crippen LogP contribution is -2.40. The molecule has 0 bridgehead atoms. The van der Waals surface area contributed by atoms with Crippen LogP contribution in [-0.2, 0) is 6.54 Å². The largest absolute Gasteiger partial charge is 0.492 e. The number of hydrogen-bond donors (Lipinski definition) is 1. The van der Waals surface area contributed by atoms with Crippen LogP contribution in [0, 0.1) is 0 Å². The Morgan fingerprint density at radius 3 is 2.41 bits per heavy atom. The first-order valence-electron chi connectivity index (χ1n) is 8.90. The summed E-state index contributed by atoms with van der Waals surface area (Å²) in [6.07, 6.45) is 3.48. The molecular weight excluding hydrogens is 338 g/mol. The van der Waals surface area contributed by atoms with Gasteiger partial charge in [0.05, 0.1) is 6.54 Å². The van der Waals surface area contributed by atoms with Crippen molar-refractivity contribution in [3.63, 3.8) is 0 Å². The Labute approximate surface area is 159 Å². The van der Waals surface area contributed by atoms with E-state index in [4.69, 9.17) is 4.74 Å². The van der Waals surface area contributed by atoms with Gasteiger partial charge >= 0.3 is 6.03 Å². The number of amides is 2. The van der Waals surface area contributed by atoms with Gasteiger partial charge in [-0.15, -0.1) is 0 Å². The molecule has 0 radical (unpaired) electrons. The van der Waals surface area contributed by atoms with Gasteiger partial charge in [-0.1, -0.05) is 48.5 Å². The van der Waals surface area contributed by atoms with E-state index in [1.54, 1.807) is 24.3 Å². The molecule has 0 saturated carbocycles. The summed E-state index contributed by atoms with van der Waals surface area (Å²) in [4.78, 5) is 17.9. The molecule has 3 rings (SSSR count). The van der Waals surface area contributed by atoms with Crippen LogP contribution < -0.4 is 10.1 Å². The van der Waals surface area contributed by atoms with Crippen LogP contribution in [0.4, 0.5) is 4.79 Å². The summed E-state index contributed by atoms with van der Waals surface area (Å²) in [5.41, 5.74) is 3.30. The number of hydrogen-bond acceptors (Lipinski definition) is 3. The predicted octanol–water partition coefficient (Wildman–Crippen LogP) is 3.97. The number of rotatable bonds is 7. The second kappa shape index (κ2) is 9.38. The molecule has 0 aliphatic carbocycles. The quantitative estimate of drug-likeness (QED) is 0.693. The molecular formula is C22H23N3O2. The smallest absolute Gasteiger partial charge is 0.317 e. The summed E-state index contributed by atoms with van der Waals surface area (Å²) >= 11 is 0. The van der Waals surface area contributed by atoms with E-state index in [0.717, 1.165) is 16.9 Å². The number of aromatic nitrogens is 1. The molecule has 0 spiro atoms. The number of carbonyl (C=O) groups excluding carboxylic acids is 1. The first-order chi connectivity index (χ1) is 13.3. The standard InChI is InChI=1S/C22H23N3O2/c1-23-22(26)25(17-18-6-5-13-24-16-18)14-15-27-21-11-9-20(10-12-21)19-7-3-2-4-8-19/h2-13,16H,14-15,17H2,1H3,(H,23,26). The molecule has 2 amide bonds. The zero-order chi connectivity index (χ0) is 18.9. The van der Waals surface area contributed by atoms with Gasteiger partial charge in [0.15, 0.2) is 0 Å². The highest BCUT2D eigenvalue weighted by atomic mass is 16.5. The van der Waals surface area contributed by atoms with E-state index >= 15 is 0 Å². The minimum atomic E-state index is -0.137. The molecule has 0 atom stereocenters. The third-order valence-electron chi connectivity index (χ3n) is 4.19. The van der Waals surface area contributed by atoms with Crippen molar-refractivity contribution in [2.75, 3.05) is 20.2 Å². The lowest BCUT2D eigenvalue weighted by molar-refractivity contribution is 0.181. The maximum atomic E-state index is 12.1. The SMILES string of the molecule is CNC(=O)N(CCOc1ccc(-c2ccccc2)cc1)Cc1cccnc1. The molecule has 2 aromatic carbocycles. The Morgan fingerprint density at radius 1 is 1.00 bits per heavy atom. The zero-order valence-electron chi connectivity index (χ0n) is 15.3. The van der Waals surface area contributed by atoms with Crippen molar-refractivity contribution < 1.29 is 9.53 Å². The summed E-state index contributed by atoms with van der Waals surface area (Å²) in [6.45, 7) is 1.39. The molecule has 0 saturated heterocycles. The summed E-state index contributed by atoms with van der Waals surface area (Å²) in [7, 11) is 1.63. The monoisotopic (exact) mass is 361 g/mol. The molecule has 1 N–H and O–H groups in total. The van der Waals surface area contributed by atoms with Crippen molar-refractivity contribution in [3.05, 3.63) is 84.7 Å². The molecule has 1 heterocycles. The lowest BCUT2D eigenvalue weighted by Gasteiger charge is -2.22. The summed E-state index contributed by atoms with van der Waals surface area (Å²) < 4.78 is 5.82. The van der Waals surface area contributed by atoms with Gasteiger partial charge in [0.1, 0.15) is 12.4 Å². The number of nitrogens with one attached hydrogen (secondary N) is 1. The number of nitrogens with zero attached hydrogens (tertiary/aromatic N) is 2. The third kappa shape index (κ3) is 5.31. The molecule has 0 fully saturated rings. The first-order valence-corrected chi connectivity index (χ1v) is 8.90. The fourth-order valence-corrected chi connectivity index (χ4v) is 2.77. The van der Waals surface area contributed by atoms with Crippen molar-refractivity contribution >= 4 is 6.03 Å². The fourth-order valence-electron chi connectivity index (χ4n) is 2.77. The van der Waals surface area contributed by atoms with E-state index in [1.807, 2.05) is 54.6 Å². The number of pyridine rings is 1. The van der Waals surface area contributed by atoms with E-state index in [0.29, 0.717) is 19.7 Å². The molecule has 27 heavy (non-hydrogen) atoms. The first kappa shape index (κ1) is 18.5. The number of benzene rings is 2. The van der Waals surface area contributed by atoms with Crippen LogP contribution in [0.25, 0.3) is 11.1 Å². The molecule has 0 aliphatic rings. The van der Waals surface area contributed by atoms with Gasteiger partial charge in [0, 0.05) is 26.0 Å². The second-order valence-electron chi connectivity index (χ2n) is 6.08. The van der Waals surface area contributed by atoms with Crippen LogP contribution in [0.3, 0.4) is 0 Å². The van der Waals surface area contributed by atoms with Crippen LogP contribution in [0.2, 0.25) is 0 Å². The maximum Gasteiger partial charge on any atom is 0.317 e. The van der Waals surface area contributed by atoms with E-state index in [-0.39, 0.29) is 6.03 Å². The van der Waals surface area contributed by atoms with Gasteiger partial charge in [0.2, 0.25) is 0 Å². The van der Waals surface area contributed by atoms with Crippen LogP contribution in [-0.4, -0.2) is 36.1 Å². The van der Waals surface area contributed by atoms with Crippen molar-refractivity contribution in [1.82, 2.24) is 15.2 Å². The molecule has 5 heteroatoms. The van der Waals surface area contributed by atoms with Gasteiger partial charge in [-0.3, -0.25) is 4.98 Å². The van der Waals surface area contributed by atoms with Gasteiger partial charge in [-0.2, -0.15) is 0 Å². The molecule has 5 nitrogen and oxygen atoms in total. The van der Waals surface area contributed by atoms with Crippen molar-refractivity contribution in [2.45, 2.75) is 6.54 Å². The van der Waals surface area contributed by atoms with E-state index in [9.17, 15) is 4.79 Å². The molecule has 3 aromatic rings. The fraction of sp³-hybridized carbons (Fsp3) is 0.182. The Hall–Kier alpha value is -3.34. The lowest BCUT2D eigenvalue weighted by atomic mass is 10.1. The predicted molar refractivity (Wildman–Crippen MR) is 106 cm³/mol. The highest BCUT2D eigenvalue weighted by Crippen LogP contribution is 2.22. The van der Waals surface area contributed by atoms with E-state index in [2.05, 4.69) is 22.4 Å². The Kier molecular flexibility index (Phi) is 6.41. The van der Waals surface area contributed by atoms with Crippen LogP contribution in [0.1, 0.15) is 5.56 Å². The highest BCUT2D eigenvalue weighted by molar-refractivity contribution is 5.73.